The number of carbonyl (C=O) groups is 1. The van der Waals surface area contributed by atoms with Gasteiger partial charge in [-0.25, -0.2) is 8.42 Å². The molecule has 0 aliphatic carbocycles. The third kappa shape index (κ3) is 4.70. The first-order valence-corrected chi connectivity index (χ1v) is 10.0. The number of rotatable bonds is 6. The monoisotopic (exact) mass is 347 g/mol. The highest BCUT2D eigenvalue weighted by Gasteiger charge is 2.32. The molecular weight excluding hydrogens is 326 g/mol. The molecule has 1 aliphatic heterocycles. The van der Waals surface area contributed by atoms with Crippen molar-refractivity contribution in [2.45, 2.75) is 44.4 Å². The Balaban J connectivity index is 1.84. The number of carbonyl (C=O) groups excluding carboxylic acids is 1. The van der Waals surface area contributed by atoms with Gasteiger partial charge < -0.3 is 9.73 Å². The highest BCUT2D eigenvalue weighted by atomic mass is 32.2. The first-order valence-electron chi connectivity index (χ1n) is 7.23. The van der Waals surface area contributed by atoms with Gasteiger partial charge >= 0.3 is 0 Å². The van der Waals surface area contributed by atoms with Crippen LogP contribution in [0.2, 0.25) is 0 Å². The van der Waals surface area contributed by atoms with Crippen LogP contribution < -0.4 is 5.32 Å². The maximum absolute atomic E-state index is 11.8. The van der Waals surface area contributed by atoms with Crippen molar-refractivity contribution in [3.05, 3.63) is 5.89 Å². The van der Waals surface area contributed by atoms with Gasteiger partial charge in [0.15, 0.2) is 9.84 Å². The lowest BCUT2D eigenvalue weighted by Crippen LogP contribution is -2.37. The Morgan fingerprint density at radius 3 is 2.73 bits per heavy atom. The molecule has 0 radical (unpaired) electrons. The van der Waals surface area contributed by atoms with E-state index in [2.05, 4.69) is 15.5 Å². The van der Waals surface area contributed by atoms with Crippen LogP contribution in [-0.2, 0) is 14.6 Å². The molecule has 1 aromatic heterocycles. The van der Waals surface area contributed by atoms with Crippen molar-refractivity contribution >= 4 is 27.5 Å². The molecule has 9 heteroatoms. The Bertz CT molecular complexity index is 627. The zero-order valence-corrected chi connectivity index (χ0v) is 14.5. The van der Waals surface area contributed by atoms with Crippen LogP contribution in [0, 0.1) is 5.92 Å². The minimum atomic E-state index is -2.98. The third-order valence-corrected chi connectivity index (χ3v) is 6.31. The fourth-order valence-corrected chi connectivity index (χ4v) is 4.34. The Hall–Kier alpha value is -1.09. The second kappa shape index (κ2) is 6.99. The van der Waals surface area contributed by atoms with Crippen LogP contribution in [0.5, 0.6) is 0 Å². The van der Waals surface area contributed by atoms with Gasteiger partial charge in [0.05, 0.1) is 23.2 Å². The van der Waals surface area contributed by atoms with Gasteiger partial charge in [0, 0.05) is 6.04 Å². The maximum atomic E-state index is 11.8. The summed E-state index contributed by atoms with van der Waals surface area (Å²) >= 11 is 1.16. The van der Waals surface area contributed by atoms with Crippen molar-refractivity contribution in [1.82, 2.24) is 15.5 Å². The standard InChI is InChI=1S/C13H21N3O4S2/c1-8(2)9(3)14-11(17)6-21-13-16-15-12(20-13)10-4-5-22(18,19)7-10/h8-10H,4-7H2,1-3H3,(H,14,17)/t9-,10+/m0/s1. The zero-order chi connectivity index (χ0) is 16.3. The summed E-state index contributed by atoms with van der Waals surface area (Å²) < 4.78 is 28.4. The third-order valence-electron chi connectivity index (χ3n) is 3.72. The first-order chi connectivity index (χ1) is 10.3. The van der Waals surface area contributed by atoms with Crippen molar-refractivity contribution < 1.29 is 17.6 Å². The normalized spacial score (nSPS) is 21.9. The van der Waals surface area contributed by atoms with Gasteiger partial charge in [0.2, 0.25) is 11.8 Å². The van der Waals surface area contributed by atoms with Gasteiger partial charge in [0.1, 0.15) is 0 Å². The molecule has 1 saturated heterocycles. The van der Waals surface area contributed by atoms with Crippen molar-refractivity contribution in [3.8, 4) is 0 Å². The van der Waals surface area contributed by atoms with E-state index in [1.54, 1.807) is 0 Å². The number of aromatic nitrogens is 2. The zero-order valence-electron chi connectivity index (χ0n) is 12.9. The highest BCUT2D eigenvalue weighted by Crippen LogP contribution is 2.29. The summed E-state index contributed by atoms with van der Waals surface area (Å²) in [6, 6.07) is 0.107. The van der Waals surface area contributed by atoms with Crippen LogP contribution in [0.3, 0.4) is 0 Å². The average molecular weight is 347 g/mol. The molecule has 1 N–H and O–H groups in total. The Labute approximate surface area is 134 Å². The van der Waals surface area contributed by atoms with Crippen molar-refractivity contribution in [2.24, 2.45) is 5.92 Å². The van der Waals surface area contributed by atoms with E-state index < -0.39 is 9.84 Å². The highest BCUT2D eigenvalue weighted by molar-refractivity contribution is 7.99. The van der Waals surface area contributed by atoms with Gasteiger partial charge in [-0.2, -0.15) is 0 Å². The van der Waals surface area contributed by atoms with E-state index in [0.29, 0.717) is 23.5 Å². The summed E-state index contributed by atoms with van der Waals surface area (Å²) in [5, 5.41) is 11.0. The smallest absolute Gasteiger partial charge is 0.277 e. The maximum Gasteiger partial charge on any atom is 0.277 e. The molecule has 0 spiro atoms. The lowest BCUT2D eigenvalue weighted by molar-refractivity contribution is -0.119. The molecular formula is C13H21N3O4S2. The molecule has 1 aromatic rings. The molecule has 1 fully saturated rings. The van der Waals surface area contributed by atoms with Crippen LogP contribution in [0.25, 0.3) is 0 Å². The number of nitrogens with one attached hydrogen (secondary N) is 1. The predicted molar refractivity (Wildman–Crippen MR) is 83.5 cm³/mol. The molecule has 0 bridgehead atoms. The number of nitrogens with zero attached hydrogens (tertiary/aromatic N) is 2. The van der Waals surface area contributed by atoms with E-state index in [1.165, 1.54) is 0 Å². The van der Waals surface area contributed by atoms with Crippen molar-refractivity contribution in [3.63, 3.8) is 0 Å². The van der Waals surface area contributed by atoms with Gasteiger partial charge in [-0.3, -0.25) is 4.79 Å². The molecule has 0 aromatic carbocycles. The van der Waals surface area contributed by atoms with Gasteiger partial charge in [0.25, 0.3) is 5.22 Å². The summed E-state index contributed by atoms with van der Waals surface area (Å²) in [6.07, 6.45) is 0.515. The van der Waals surface area contributed by atoms with E-state index in [0.717, 1.165) is 11.8 Å². The lowest BCUT2D eigenvalue weighted by Gasteiger charge is -2.16. The molecule has 1 aliphatic rings. The fraction of sp³-hybridized carbons (Fsp3) is 0.769. The molecule has 22 heavy (non-hydrogen) atoms. The minimum absolute atomic E-state index is 0.0612. The summed E-state index contributed by atoms with van der Waals surface area (Å²) in [5.41, 5.74) is 0. The van der Waals surface area contributed by atoms with Crippen LogP contribution in [0.15, 0.2) is 9.64 Å². The molecule has 7 nitrogen and oxygen atoms in total. The molecule has 2 atom stereocenters. The Kier molecular flexibility index (Phi) is 5.49. The second-order valence-corrected chi connectivity index (χ2v) is 9.05. The van der Waals surface area contributed by atoms with Gasteiger partial charge in [-0.05, 0) is 19.3 Å². The SMILES string of the molecule is CC(C)[C@H](C)NC(=O)CSc1nnc([C@@H]2CCS(=O)(=O)C2)o1. The first kappa shape index (κ1) is 17.3. The largest absolute Gasteiger partial charge is 0.416 e. The Morgan fingerprint density at radius 1 is 1.41 bits per heavy atom. The summed E-state index contributed by atoms with van der Waals surface area (Å²) in [4.78, 5) is 11.8. The van der Waals surface area contributed by atoms with E-state index in [1.807, 2.05) is 20.8 Å². The predicted octanol–water partition coefficient (Wildman–Crippen LogP) is 1.22. The number of thioether (sulfide) groups is 1. The molecule has 0 saturated carbocycles. The van der Waals surface area contributed by atoms with E-state index >= 15 is 0 Å². The summed E-state index contributed by atoms with van der Waals surface area (Å²) in [6.45, 7) is 6.04. The van der Waals surface area contributed by atoms with Crippen LogP contribution >= 0.6 is 11.8 Å². The number of hydrogen-bond donors (Lipinski definition) is 1. The van der Waals surface area contributed by atoms with Crippen molar-refractivity contribution in [1.29, 1.82) is 0 Å². The molecule has 0 unspecified atom stereocenters. The minimum Gasteiger partial charge on any atom is -0.416 e. The van der Waals surface area contributed by atoms with E-state index in [-0.39, 0.29) is 35.1 Å². The quantitative estimate of drug-likeness (QED) is 0.772. The molecule has 1 amide bonds. The van der Waals surface area contributed by atoms with Crippen LogP contribution in [0.1, 0.15) is 39.0 Å². The van der Waals surface area contributed by atoms with Crippen LogP contribution in [0.4, 0.5) is 0 Å². The lowest BCUT2D eigenvalue weighted by atomic mass is 10.1. The Morgan fingerprint density at radius 2 is 2.14 bits per heavy atom. The van der Waals surface area contributed by atoms with Gasteiger partial charge in [-0.1, -0.05) is 25.6 Å². The van der Waals surface area contributed by atoms with Crippen LogP contribution in [-0.4, -0.2) is 47.8 Å². The second-order valence-electron chi connectivity index (χ2n) is 5.90. The molecule has 2 rings (SSSR count). The van der Waals surface area contributed by atoms with E-state index in [4.69, 9.17) is 4.42 Å². The average Bonchev–Trinajstić information content (AvgIpc) is 3.02. The van der Waals surface area contributed by atoms with Gasteiger partial charge in [-0.15, -0.1) is 10.2 Å². The summed E-state index contributed by atoms with van der Waals surface area (Å²) in [7, 11) is -2.98. The fourth-order valence-electron chi connectivity index (χ4n) is 2.02. The summed E-state index contributed by atoms with van der Waals surface area (Å²) in [5.74, 6) is 0.828. The number of sulfone groups is 1. The molecule has 124 valence electrons. The van der Waals surface area contributed by atoms with E-state index in [9.17, 15) is 13.2 Å². The topological polar surface area (TPSA) is 102 Å². The number of amides is 1. The van der Waals surface area contributed by atoms with Crippen molar-refractivity contribution in [2.75, 3.05) is 17.3 Å². The number of hydrogen-bond acceptors (Lipinski definition) is 7. The molecule has 2 heterocycles.